The Morgan fingerprint density at radius 1 is 0.881 bits per heavy atom. The second-order valence-corrected chi connectivity index (χ2v) is 17.9. The van der Waals surface area contributed by atoms with Crippen molar-refractivity contribution >= 4 is 28.2 Å². The molecule has 4 aromatic rings. The SMILES string of the molecule is C=CCO[C@@]12Oc3ccc(Oc4ccc(C)c(C)c4)cc3[C@H]3[C@H](CCCCO)[C@@H](CCCCO)C=C(C(=NOC4CCCCO4)C[C@@H]1Sc1ccc4ccccc4c1)[C@H]32. The van der Waals surface area contributed by atoms with Gasteiger partial charge in [-0.2, -0.15) is 0 Å². The molecule has 4 aromatic carbocycles. The highest BCUT2D eigenvalue weighted by Crippen LogP contribution is 2.63. The molecule has 0 aromatic heterocycles. The molecule has 9 heteroatoms. The van der Waals surface area contributed by atoms with Crippen LogP contribution in [0.3, 0.4) is 0 Å². The van der Waals surface area contributed by atoms with Gasteiger partial charge in [0.15, 0.2) is 0 Å². The van der Waals surface area contributed by atoms with Crippen LogP contribution in [0.15, 0.2) is 113 Å². The molecule has 2 aliphatic heterocycles. The Morgan fingerprint density at radius 2 is 1.68 bits per heavy atom. The van der Waals surface area contributed by atoms with E-state index in [2.05, 4.69) is 93.2 Å². The summed E-state index contributed by atoms with van der Waals surface area (Å²) in [5.74, 6) is 1.33. The number of oxime groups is 1. The molecule has 2 aliphatic carbocycles. The zero-order valence-electron chi connectivity index (χ0n) is 34.5. The molecule has 0 spiro atoms. The smallest absolute Gasteiger partial charge is 0.231 e. The molecule has 312 valence electrons. The van der Waals surface area contributed by atoms with Crippen molar-refractivity contribution in [2.75, 3.05) is 26.4 Å². The molecular weight excluding hydrogens is 759 g/mol. The number of hydrogen-bond acceptors (Lipinski definition) is 9. The van der Waals surface area contributed by atoms with Crippen molar-refractivity contribution in [2.24, 2.45) is 22.9 Å². The van der Waals surface area contributed by atoms with E-state index in [1.165, 1.54) is 21.9 Å². The van der Waals surface area contributed by atoms with Crippen molar-refractivity contribution in [3.8, 4) is 17.2 Å². The Balaban J connectivity index is 1.30. The van der Waals surface area contributed by atoms with Crippen LogP contribution in [0.5, 0.6) is 17.2 Å². The van der Waals surface area contributed by atoms with Gasteiger partial charge in [0.2, 0.25) is 12.1 Å². The number of hydrogen-bond donors (Lipinski definition) is 2. The molecule has 2 N–H and O–H groups in total. The molecule has 8 rings (SSSR count). The van der Waals surface area contributed by atoms with Crippen LogP contribution < -0.4 is 9.47 Å². The standard InChI is InChI=1S/C50H59NO7S/c1-4-26-55-50-46(59-40-22-19-35-13-5-6-14-36(35)29-40)32-44(51-58-47-17-9-12-27-54-47)42-30-37(15-7-10-24-52)41(16-8-11-25-53)48(49(42)50)43-31-39(21-23-45(43)57-50)56-38-20-18-33(2)34(3)28-38/h4-6,13-14,18-23,28-31,37,41,46-49,52-53H,1,7-12,15-17,24-27,32H2,2-3H3/t37-,41+,46-,47?,48+,49+,50+/m0/s1. The van der Waals surface area contributed by atoms with Crippen molar-refractivity contribution < 1.29 is 34.0 Å². The van der Waals surface area contributed by atoms with E-state index in [0.29, 0.717) is 19.6 Å². The number of benzene rings is 4. The third-order valence-corrected chi connectivity index (χ3v) is 14.1. The fourth-order valence-corrected chi connectivity index (χ4v) is 11.1. The van der Waals surface area contributed by atoms with Crippen LogP contribution in [0, 0.1) is 31.6 Å². The summed E-state index contributed by atoms with van der Waals surface area (Å²) in [6.45, 7) is 9.60. The number of aliphatic hydroxyl groups excluding tert-OH is 2. The van der Waals surface area contributed by atoms with Gasteiger partial charge in [-0.1, -0.05) is 66.5 Å². The van der Waals surface area contributed by atoms with E-state index in [9.17, 15) is 10.2 Å². The first-order chi connectivity index (χ1) is 28.9. The average Bonchev–Trinajstić information content (AvgIpc) is 3.25. The predicted molar refractivity (Wildman–Crippen MR) is 235 cm³/mol. The van der Waals surface area contributed by atoms with Crippen LogP contribution in [-0.4, -0.2) is 59.7 Å². The first kappa shape index (κ1) is 41.6. The van der Waals surface area contributed by atoms with Crippen molar-refractivity contribution in [3.63, 3.8) is 0 Å². The molecule has 7 atom stereocenters. The van der Waals surface area contributed by atoms with Gasteiger partial charge in [-0.3, -0.25) is 0 Å². The van der Waals surface area contributed by atoms with Gasteiger partial charge in [0.1, 0.15) is 17.2 Å². The van der Waals surface area contributed by atoms with Gasteiger partial charge in [0, 0.05) is 42.4 Å². The van der Waals surface area contributed by atoms with Gasteiger partial charge >= 0.3 is 0 Å². The molecule has 4 aliphatic rings. The lowest BCUT2D eigenvalue weighted by Crippen LogP contribution is -2.64. The molecule has 0 radical (unpaired) electrons. The lowest BCUT2D eigenvalue weighted by Gasteiger charge is -2.58. The fourth-order valence-electron chi connectivity index (χ4n) is 9.72. The number of nitrogens with zero attached hydrogens (tertiary/aromatic N) is 1. The van der Waals surface area contributed by atoms with E-state index < -0.39 is 5.79 Å². The van der Waals surface area contributed by atoms with Gasteiger partial charge < -0.3 is 34.0 Å². The van der Waals surface area contributed by atoms with Gasteiger partial charge in [-0.05, 0) is 134 Å². The van der Waals surface area contributed by atoms with Crippen molar-refractivity contribution in [3.05, 3.63) is 120 Å². The van der Waals surface area contributed by atoms with Crippen molar-refractivity contribution in [1.29, 1.82) is 0 Å². The third kappa shape index (κ3) is 9.01. The lowest BCUT2D eigenvalue weighted by molar-refractivity contribution is -0.223. The highest BCUT2D eigenvalue weighted by molar-refractivity contribution is 8.00. The summed E-state index contributed by atoms with van der Waals surface area (Å²) >= 11 is 1.78. The van der Waals surface area contributed by atoms with E-state index in [1.807, 2.05) is 18.2 Å². The first-order valence-corrected chi connectivity index (χ1v) is 22.5. The minimum atomic E-state index is -1.09. The number of fused-ring (bicyclic) bond motifs is 3. The number of allylic oxidation sites excluding steroid dienone is 1. The molecule has 2 fully saturated rings. The summed E-state index contributed by atoms with van der Waals surface area (Å²) in [5, 5.41) is 27.1. The molecule has 1 saturated heterocycles. The first-order valence-electron chi connectivity index (χ1n) is 21.7. The normalized spacial score (nSPS) is 26.7. The highest BCUT2D eigenvalue weighted by Gasteiger charge is 2.64. The number of unbranched alkanes of at least 4 members (excludes halogenated alkanes) is 2. The topological polar surface area (TPSA) is 99.0 Å². The number of rotatable bonds is 17. The van der Waals surface area contributed by atoms with Gasteiger partial charge in [0.25, 0.3) is 0 Å². The van der Waals surface area contributed by atoms with Gasteiger partial charge in [-0.15, -0.1) is 18.3 Å². The quantitative estimate of drug-likeness (QED) is 0.0617. The summed E-state index contributed by atoms with van der Waals surface area (Å²) in [6.07, 6.45) is 12.4. The number of ether oxygens (including phenoxy) is 4. The number of aryl methyl sites for hydroxylation is 2. The zero-order chi connectivity index (χ0) is 40.8. The van der Waals surface area contributed by atoms with Gasteiger partial charge in [-0.25, -0.2) is 0 Å². The maximum Gasteiger partial charge on any atom is 0.231 e. The highest BCUT2D eigenvalue weighted by atomic mass is 32.2. The Hall–Kier alpha value is -4.12. The molecule has 8 nitrogen and oxygen atoms in total. The maximum atomic E-state index is 10.0. The van der Waals surface area contributed by atoms with Crippen LogP contribution in [0.1, 0.15) is 86.8 Å². The zero-order valence-corrected chi connectivity index (χ0v) is 35.3. The average molecular weight is 818 g/mol. The van der Waals surface area contributed by atoms with E-state index in [1.54, 1.807) is 11.8 Å². The molecule has 0 bridgehead atoms. The monoisotopic (exact) mass is 817 g/mol. The molecule has 59 heavy (non-hydrogen) atoms. The second-order valence-electron chi connectivity index (χ2n) is 16.6. The third-order valence-electron chi connectivity index (χ3n) is 12.8. The summed E-state index contributed by atoms with van der Waals surface area (Å²) in [5.41, 5.74) is 5.49. The Kier molecular flexibility index (Phi) is 13.4. The maximum absolute atomic E-state index is 10.0. The fraction of sp³-hybridized carbons (Fsp3) is 0.460. The summed E-state index contributed by atoms with van der Waals surface area (Å²) < 4.78 is 27.2. The second kappa shape index (κ2) is 19.1. The Bertz CT molecular complexity index is 2140. The van der Waals surface area contributed by atoms with Crippen LogP contribution in [0.4, 0.5) is 0 Å². The van der Waals surface area contributed by atoms with E-state index in [-0.39, 0.29) is 48.4 Å². The van der Waals surface area contributed by atoms with Crippen LogP contribution >= 0.6 is 11.8 Å². The number of aliphatic hydroxyl groups is 2. The van der Waals surface area contributed by atoms with Crippen molar-refractivity contribution in [2.45, 2.75) is 106 Å². The summed E-state index contributed by atoms with van der Waals surface area (Å²) in [7, 11) is 0. The molecule has 1 unspecified atom stereocenters. The van der Waals surface area contributed by atoms with Crippen molar-refractivity contribution in [1.82, 2.24) is 0 Å². The minimum Gasteiger partial charge on any atom is -0.460 e. The molecule has 1 saturated carbocycles. The predicted octanol–water partition coefficient (Wildman–Crippen LogP) is 11.2. The minimum absolute atomic E-state index is 0.0409. The summed E-state index contributed by atoms with van der Waals surface area (Å²) in [6, 6.07) is 27.6. The van der Waals surface area contributed by atoms with Crippen LogP contribution in [0.25, 0.3) is 10.8 Å². The lowest BCUT2D eigenvalue weighted by atomic mass is 9.56. The molecule has 0 amide bonds. The Morgan fingerprint density at radius 3 is 2.46 bits per heavy atom. The summed E-state index contributed by atoms with van der Waals surface area (Å²) in [4.78, 5) is 7.44. The Labute approximate surface area is 353 Å². The van der Waals surface area contributed by atoms with Crippen LogP contribution in [0.2, 0.25) is 0 Å². The molecular formula is C50H59NO7S. The largest absolute Gasteiger partial charge is 0.460 e. The van der Waals surface area contributed by atoms with E-state index >= 15 is 0 Å². The van der Waals surface area contributed by atoms with E-state index in [4.69, 9.17) is 28.9 Å². The van der Waals surface area contributed by atoms with E-state index in [0.717, 1.165) is 96.8 Å². The van der Waals surface area contributed by atoms with Crippen LogP contribution in [-0.2, 0) is 14.3 Å². The molecule has 2 heterocycles. The van der Waals surface area contributed by atoms with Gasteiger partial charge in [0.05, 0.1) is 30.1 Å². The number of thioether (sulfide) groups is 1.